The number of hydrogen-bond donors (Lipinski definition) is 1. The van der Waals surface area contributed by atoms with Gasteiger partial charge >= 0.3 is 5.97 Å². The average molecular weight is 541 g/mol. The first-order chi connectivity index (χ1) is 18.9. The lowest BCUT2D eigenvalue weighted by atomic mass is 9.98. The minimum Gasteiger partial charge on any atom is -0.462 e. The normalized spacial score (nSPS) is 18.5. The summed E-state index contributed by atoms with van der Waals surface area (Å²) >= 11 is 1.26. The third-order valence-electron chi connectivity index (χ3n) is 6.46. The van der Waals surface area contributed by atoms with Crippen LogP contribution in [-0.2, 0) is 14.3 Å². The van der Waals surface area contributed by atoms with E-state index in [-0.39, 0.29) is 30.9 Å². The molecule has 0 radical (unpaired) electrons. The van der Waals surface area contributed by atoms with Gasteiger partial charge in [0.05, 0.1) is 23.9 Å². The molecule has 2 heterocycles. The van der Waals surface area contributed by atoms with Crippen molar-refractivity contribution in [2.75, 3.05) is 11.9 Å². The van der Waals surface area contributed by atoms with E-state index in [9.17, 15) is 14.4 Å². The minimum absolute atomic E-state index is 0.0332. The van der Waals surface area contributed by atoms with Gasteiger partial charge in [-0.3, -0.25) is 9.59 Å². The predicted molar refractivity (Wildman–Crippen MR) is 153 cm³/mol. The molecule has 2 aliphatic rings. The fourth-order valence-electron chi connectivity index (χ4n) is 4.43. The highest BCUT2D eigenvalue weighted by Crippen LogP contribution is 2.38. The van der Waals surface area contributed by atoms with Crippen molar-refractivity contribution in [3.63, 3.8) is 0 Å². The van der Waals surface area contributed by atoms with Gasteiger partial charge in [-0.2, -0.15) is 10.1 Å². The van der Waals surface area contributed by atoms with E-state index in [4.69, 9.17) is 9.84 Å². The van der Waals surface area contributed by atoms with Crippen LogP contribution in [0.1, 0.15) is 52.9 Å². The summed E-state index contributed by atoms with van der Waals surface area (Å²) in [5.74, 6) is -1.09. The molecule has 39 heavy (non-hydrogen) atoms. The van der Waals surface area contributed by atoms with Crippen molar-refractivity contribution in [1.29, 1.82) is 0 Å². The number of hydrogen-bond acceptors (Lipinski definition) is 7. The molecular formula is C30H28N4O4S. The van der Waals surface area contributed by atoms with Gasteiger partial charge in [-0.15, -0.1) is 0 Å². The van der Waals surface area contributed by atoms with Crippen LogP contribution in [0.5, 0.6) is 0 Å². The molecule has 3 aromatic rings. The summed E-state index contributed by atoms with van der Waals surface area (Å²) < 4.78 is 4.98. The average Bonchev–Trinajstić information content (AvgIpc) is 3.54. The SMILES string of the molecule is CCOC(=O)c1ccc(NC(=O)C[C@H]2SC(N3N=C(c4ccc(C)cc4)C[C@@H]3c3ccccc3)=NC2=O)cc1. The third-order valence-corrected chi connectivity index (χ3v) is 7.60. The maximum atomic E-state index is 12.8. The topological polar surface area (TPSA) is 100 Å². The van der Waals surface area contributed by atoms with E-state index in [1.54, 1.807) is 31.2 Å². The number of hydrazone groups is 1. The minimum atomic E-state index is -0.645. The Hall–Kier alpha value is -4.24. The lowest BCUT2D eigenvalue weighted by Gasteiger charge is -2.23. The van der Waals surface area contributed by atoms with Gasteiger partial charge in [-0.25, -0.2) is 9.80 Å². The van der Waals surface area contributed by atoms with Crippen LogP contribution in [0.2, 0.25) is 0 Å². The Morgan fingerprint density at radius 3 is 2.44 bits per heavy atom. The number of carbonyl (C=O) groups is 3. The monoisotopic (exact) mass is 540 g/mol. The molecule has 0 saturated carbocycles. The number of carbonyl (C=O) groups excluding carboxylic acids is 3. The fourth-order valence-corrected chi connectivity index (χ4v) is 5.49. The number of amides is 2. The number of nitrogens with one attached hydrogen (secondary N) is 1. The summed E-state index contributed by atoms with van der Waals surface area (Å²) in [4.78, 5) is 41.7. The van der Waals surface area contributed by atoms with Crippen LogP contribution in [0.15, 0.2) is 89.0 Å². The first kappa shape index (κ1) is 26.4. The number of nitrogens with zero attached hydrogens (tertiary/aromatic N) is 3. The first-order valence-corrected chi connectivity index (χ1v) is 13.6. The Kier molecular flexibility index (Phi) is 7.88. The maximum Gasteiger partial charge on any atom is 0.338 e. The smallest absolute Gasteiger partial charge is 0.338 e. The van der Waals surface area contributed by atoms with Gasteiger partial charge in [-0.05, 0) is 49.2 Å². The van der Waals surface area contributed by atoms with Crippen molar-refractivity contribution >= 4 is 46.1 Å². The maximum absolute atomic E-state index is 12.8. The van der Waals surface area contributed by atoms with Crippen molar-refractivity contribution in [2.45, 2.75) is 38.0 Å². The Morgan fingerprint density at radius 1 is 1.03 bits per heavy atom. The molecule has 1 N–H and O–H groups in total. The zero-order chi connectivity index (χ0) is 27.4. The van der Waals surface area contributed by atoms with Gasteiger partial charge in [0.1, 0.15) is 5.25 Å². The zero-order valence-electron chi connectivity index (χ0n) is 21.7. The molecule has 0 spiro atoms. The molecule has 0 saturated heterocycles. The van der Waals surface area contributed by atoms with Crippen LogP contribution in [0.3, 0.4) is 0 Å². The predicted octanol–water partition coefficient (Wildman–Crippen LogP) is 5.35. The van der Waals surface area contributed by atoms with Gasteiger partial charge in [0.25, 0.3) is 5.91 Å². The molecule has 0 aromatic heterocycles. The summed E-state index contributed by atoms with van der Waals surface area (Å²) in [6.45, 7) is 4.07. The lowest BCUT2D eigenvalue weighted by molar-refractivity contribution is -0.121. The van der Waals surface area contributed by atoms with Crippen molar-refractivity contribution in [3.8, 4) is 0 Å². The molecule has 0 bridgehead atoms. The van der Waals surface area contributed by atoms with Crippen molar-refractivity contribution in [2.24, 2.45) is 10.1 Å². The molecule has 9 heteroatoms. The van der Waals surface area contributed by atoms with Crippen LogP contribution >= 0.6 is 11.8 Å². The summed E-state index contributed by atoms with van der Waals surface area (Å²) in [5, 5.41) is 9.34. The van der Waals surface area contributed by atoms with E-state index in [0.29, 0.717) is 22.8 Å². The summed E-state index contributed by atoms with van der Waals surface area (Å²) in [5.41, 5.74) is 5.13. The highest BCUT2D eigenvalue weighted by molar-refractivity contribution is 8.15. The fraction of sp³-hybridized carbons (Fsp3) is 0.233. The molecule has 2 aliphatic heterocycles. The Labute approximate surface area is 231 Å². The summed E-state index contributed by atoms with van der Waals surface area (Å²) in [7, 11) is 0. The molecule has 3 aromatic carbocycles. The second-order valence-electron chi connectivity index (χ2n) is 9.28. The largest absolute Gasteiger partial charge is 0.462 e. The Balaban J connectivity index is 1.27. The third kappa shape index (κ3) is 6.09. The standard InChI is InChI=1S/C30H28N4O4S/c1-3-38-29(37)22-13-15-23(16-14-22)31-27(35)18-26-28(36)32-30(39-26)34-25(21-7-5-4-6-8-21)17-24(33-34)20-11-9-19(2)10-12-20/h4-16,25-26H,3,17-18H2,1-2H3,(H,31,35)/t25-,26-/m1/s1. The van der Waals surface area contributed by atoms with Gasteiger partial charge in [0.2, 0.25) is 5.91 Å². The van der Waals surface area contributed by atoms with Crippen LogP contribution in [0.25, 0.3) is 0 Å². The lowest BCUT2D eigenvalue weighted by Crippen LogP contribution is -2.25. The van der Waals surface area contributed by atoms with E-state index >= 15 is 0 Å². The van der Waals surface area contributed by atoms with Gasteiger partial charge in [0.15, 0.2) is 5.17 Å². The van der Waals surface area contributed by atoms with E-state index in [2.05, 4.69) is 34.6 Å². The molecule has 198 valence electrons. The second kappa shape index (κ2) is 11.7. The number of ether oxygens (including phenoxy) is 1. The zero-order valence-corrected chi connectivity index (χ0v) is 22.5. The van der Waals surface area contributed by atoms with Crippen LogP contribution < -0.4 is 5.32 Å². The molecule has 2 amide bonds. The number of benzene rings is 3. The van der Waals surface area contributed by atoms with Crippen LogP contribution in [-0.4, -0.2) is 45.5 Å². The first-order valence-electron chi connectivity index (χ1n) is 12.8. The number of aliphatic imine (C=N–C) groups is 1. The highest BCUT2D eigenvalue weighted by Gasteiger charge is 2.39. The van der Waals surface area contributed by atoms with Crippen molar-refractivity contribution in [1.82, 2.24) is 5.01 Å². The number of amidine groups is 1. The molecule has 8 nitrogen and oxygen atoms in total. The molecular weight excluding hydrogens is 512 g/mol. The van der Waals surface area contributed by atoms with E-state index in [0.717, 1.165) is 16.8 Å². The van der Waals surface area contributed by atoms with E-state index in [1.807, 2.05) is 42.3 Å². The highest BCUT2D eigenvalue weighted by atomic mass is 32.2. The van der Waals surface area contributed by atoms with Gasteiger partial charge < -0.3 is 10.1 Å². The van der Waals surface area contributed by atoms with Crippen LogP contribution in [0.4, 0.5) is 5.69 Å². The molecule has 0 fully saturated rings. The Bertz CT molecular complexity index is 1440. The second-order valence-corrected chi connectivity index (χ2v) is 10.4. The number of esters is 1. The Morgan fingerprint density at radius 2 is 1.74 bits per heavy atom. The molecule has 2 atom stereocenters. The van der Waals surface area contributed by atoms with Gasteiger partial charge in [-0.1, -0.05) is 71.9 Å². The number of aryl methyl sites for hydroxylation is 1. The van der Waals surface area contributed by atoms with Crippen LogP contribution in [0, 0.1) is 6.92 Å². The molecule has 0 aliphatic carbocycles. The number of rotatable bonds is 7. The van der Waals surface area contributed by atoms with Crippen molar-refractivity contribution < 1.29 is 19.1 Å². The van der Waals surface area contributed by atoms with Crippen molar-refractivity contribution in [3.05, 3.63) is 101 Å². The van der Waals surface area contributed by atoms with E-state index < -0.39 is 11.2 Å². The molecule has 0 unspecified atom stereocenters. The number of thioether (sulfide) groups is 1. The van der Waals surface area contributed by atoms with Gasteiger partial charge in [0, 0.05) is 18.5 Å². The molecule has 5 rings (SSSR count). The quantitative estimate of drug-likeness (QED) is 0.406. The summed E-state index contributed by atoms with van der Waals surface area (Å²) in [6.07, 6.45) is 0.641. The number of anilines is 1. The summed E-state index contributed by atoms with van der Waals surface area (Å²) in [6, 6.07) is 24.6. The van der Waals surface area contributed by atoms with E-state index in [1.165, 1.54) is 17.3 Å².